The number of halogens is 1. The van der Waals surface area contributed by atoms with E-state index in [4.69, 9.17) is 5.11 Å². The summed E-state index contributed by atoms with van der Waals surface area (Å²) in [4.78, 5) is 14.2. The first-order chi connectivity index (χ1) is 11.7. The highest BCUT2D eigenvalue weighted by atomic mass is 32.2. The maximum absolute atomic E-state index is 14.0. The summed E-state index contributed by atoms with van der Waals surface area (Å²) < 4.78 is 37.9. The molecular weight excluding hydrogens is 373 g/mol. The molecule has 25 heavy (non-hydrogen) atoms. The summed E-state index contributed by atoms with van der Waals surface area (Å²) >= 11 is 0.958. The van der Waals surface area contributed by atoms with Gasteiger partial charge in [-0.3, -0.25) is 0 Å². The first kappa shape index (κ1) is 17.0. The summed E-state index contributed by atoms with van der Waals surface area (Å²) in [5.41, 5.74) is 0.220. The summed E-state index contributed by atoms with van der Waals surface area (Å²) in [6.45, 7) is 0. The molecule has 0 atom stereocenters. The van der Waals surface area contributed by atoms with Crippen LogP contribution in [0.2, 0.25) is 0 Å². The van der Waals surface area contributed by atoms with Crippen molar-refractivity contribution in [1.29, 1.82) is 0 Å². The fraction of sp³-hybridized carbons (Fsp3) is 0.0714. The van der Waals surface area contributed by atoms with Gasteiger partial charge in [0.2, 0.25) is 11.0 Å². The van der Waals surface area contributed by atoms with Gasteiger partial charge in [0.05, 0.1) is 5.69 Å². The highest BCUT2D eigenvalue weighted by Gasteiger charge is 2.18. The Balaban J connectivity index is 2.02. The molecule has 11 heteroatoms. The second-order valence-corrected chi connectivity index (χ2v) is 7.86. The van der Waals surface area contributed by atoms with Crippen molar-refractivity contribution < 1.29 is 27.8 Å². The molecule has 0 aliphatic heterocycles. The molecule has 2 heterocycles. The van der Waals surface area contributed by atoms with E-state index in [1.807, 2.05) is 0 Å². The van der Waals surface area contributed by atoms with Crippen LogP contribution in [0.4, 0.5) is 4.39 Å². The van der Waals surface area contributed by atoms with E-state index in [0.29, 0.717) is 0 Å². The van der Waals surface area contributed by atoms with Crippen LogP contribution in [-0.4, -0.2) is 45.6 Å². The van der Waals surface area contributed by atoms with Gasteiger partial charge in [-0.25, -0.2) is 22.6 Å². The fourth-order valence-electron chi connectivity index (χ4n) is 2.07. The van der Waals surface area contributed by atoms with E-state index in [0.717, 1.165) is 34.4 Å². The Morgan fingerprint density at radius 2 is 2.04 bits per heavy atom. The topological polar surface area (TPSA) is 122 Å². The molecule has 1 aromatic carbocycles. The molecule has 0 saturated carbocycles. The van der Waals surface area contributed by atoms with Crippen LogP contribution in [0.1, 0.15) is 10.5 Å². The number of hydrogen-bond acceptors (Lipinski definition) is 7. The molecule has 0 amide bonds. The summed E-state index contributed by atoms with van der Waals surface area (Å²) in [6, 6.07) is 4.70. The van der Waals surface area contributed by atoms with E-state index in [9.17, 15) is 22.7 Å². The van der Waals surface area contributed by atoms with Crippen molar-refractivity contribution in [2.24, 2.45) is 0 Å². The van der Waals surface area contributed by atoms with Crippen LogP contribution in [0.5, 0.6) is 5.88 Å². The van der Waals surface area contributed by atoms with Crippen LogP contribution >= 0.6 is 11.3 Å². The van der Waals surface area contributed by atoms with E-state index in [1.54, 1.807) is 0 Å². The lowest BCUT2D eigenvalue weighted by molar-refractivity contribution is 0.0691. The maximum atomic E-state index is 14.0. The minimum absolute atomic E-state index is 0.120. The van der Waals surface area contributed by atoms with Gasteiger partial charge in [0.25, 0.3) is 0 Å². The largest absolute Gasteiger partial charge is 0.493 e. The molecule has 130 valence electrons. The molecule has 0 unspecified atom stereocenters. The van der Waals surface area contributed by atoms with Gasteiger partial charge in [-0.1, -0.05) is 6.07 Å². The quantitative estimate of drug-likeness (QED) is 0.706. The average Bonchev–Trinajstić information content (AvgIpc) is 3.12. The number of thiazole rings is 1. The SMILES string of the molecule is CS(=O)(=O)c1ccc(-c2cc(O)n(-c3nc(C(=O)O)cs3)n2)cc1F. The molecule has 0 bridgehead atoms. The van der Waals surface area contributed by atoms with Gasteiger partial charge in [-0.05, 0) is 12.1 Å². The summed E-state index contributed by atoms with van der Waals surface area (Å²) in [6.07, 6.45) is 0.897. The van der Waals surface area contributed by atoms with Gasteiger partial charge >= 0.3 is 5.97 Å². The van der Waals surface area contributed by atoms with Crippen LogP contribution in [0.15, 0.2) is 34.5 Å². The zero-order valence-corrected chi connectivity index (χ0v) is 14.2. The molecule has 0 saturated heterocycles. The summed E-state index contributed by atoms with van der Waals surface area (Å²) in [5, 5.41) is 24.3. The Hall–Kier alpha value is -2.79. The van der Waals surface area contributed by atoms with E-state index >= 15 is 0 Å². The van der Waals surface area contributed by atoms with Crippen LogP contribution in [0.25, 0.3) is 16.4 Å². The number of aromatic carboxylic acids is 1. The van der Waals surface area contributed by atoms with Gasteiger partial charge < -0.3 is 10.2 Å². The molecule has 0 spiro atoms. The predicted molar refractivity (Wildman–Crippen MR) is 86.4 cm³/mol. The highest BCUT2D eigenvalue weighted by Crippen LogP contribution is 2.28. The number of nitrogens with zero attached hydrogens (tertiary/aromatic N) is 3. The third-order valence-corrected chi connectivity index (χ3v) is 5.16. The second kappa shape index (κ2) is 5.93. The second-order valence-electron chi connectivity index (χ2n) is 5.04. The Morgan fingerprint density at radius 1 is 1.32 bits per heavy atom. The molecule has 3 aromatic rings. The van der Waals surface area contributed by atoms with Crippen molar-refractivity contribution >= 4 is 27.1 Å². The number of rotatable bonds is 4. The number of carbonyl (C=O) groups is 1. The molecular formula is C14H10FN3O5S2. The Kier molecular flexibility index (Phi) is 4.05. The number of carboxylic acid groups (broad SMARTS) is 1. The summed E-state index contributed by atoms with van der Waals surface area (Å²) in [7, 11) is -3.70. The van der Waals surface area contributed by atoms with Crippen LogP contribution in [-0.2, 0) is 9.84 Å². The predicted octanol–water partition coefficient (Wildman–Crippen LogP) is 1.94. The Morgan fingerprint density at radius 3 is 2.60 bits per heavy atom. The summed E-state index contributed by atoms with van der Waals surface area (Å²) in [5.74, 6) is -2.47. The number of aromatic hydroxyl groups is 1. The van der Waals surface area contributed by atoms with Gasteiger partial charge in [0.15, 0.2) is 15.5 Å². The lowest BCUT2D eigenvalue weighted by Gasteiger charge is -2.02. The van der Waals surface area contributed by atoms with Gasteiger partial charge in [0.1, 0.15) is 10.7 Å². The number of benzene rings is 1. The average molecular weight is 383 g/mol. The number of carboxylic acids is 1. The number of sulfone groups is 1. The van der Waals surface area contributed by atoms with Crippen LogP contribution in [0, 0.1) is 5.82 Å². The molecule has 0 fully saturated rings. The first-order valence-electron chi connectivity index (χ1n) is 6.65. The fourth-order valence-corrected chi connectivity index (χ4v) is 3.56. The van der Waals surface area contributed by atoms with Crippen molar-refractivity contribution in [2.45, 2.75) is 4.90 Å². The Bertz CT molecular complexity index is 1090. The smallest absolute Gasteiger partial charge is 0.355 e. The lowest BCUT2D eigenvalue weighted by Crippen LogP contribution is -2.01. The molecule has 2 aromatic heterocycles. The van der Waals surface area contributed by atoms with Crippen molar-refractivity contribution in [1.82, 2.24) is 14.8 Å². The maximum Gasteiger partial charge on any atom is 0.355 e. The third-order valence-electron chi connectivity index (χ3n) is 3.21. The molecule has 0 radical (unpaired) electrons. The van der Waals surface area contributed by atoms with Crippen molar-refractivity contribution in [3.05, 3.63) is 41.2 Å². The van der Waals surface area contributed by atoms with Gasteiger partial charge in [0, 0.05) is 23.3 Å². The van der Waals surface area contributed by atoms with E-state index < -0.39 is 26.5 Å². The molecule has 0 aliphatic rings. The number of hydrogen-bond donors (Lipinski definition) is 2. The monoisotopic (exact) mass is 383 g/mol. The zero-order chi connectivity index (χ0) is 18.4. The van der Waals surface area contributed by atoms with Crippen molar-refractivity contribution in [2.75, 3.05) is 6.26 Å². The van der Waals surface area contributed by atoms with Gasteiger partial charge in [-0.15, -0.1) is 11.3 Å². The third kappa shape index (κ3) is 3.23. The normalized spacial score (nSPS) is 11.6. The number of aromatic nitrogens is 3. The molecule has 2 N–H and O–H groups in total. The van der Waals surface area contributed by atoms with Crippen molar-refractivity contribution in [3.63, 3.8) is 0 Å². The molecule has 0 aliphatic carbocycles. The highest BCUT2D eigenvalue weighted by molar-refractivity contribution is 7.90. The Labute approximate surface area is 144 Å². The van der Waals surface area contributed by atoms with Crippen LogP contribution in [0.3, 0.4) is 0 Å². The first-order valence-corrected chi connectivity index (χ1v) is 9.42. The van der Waals surface area contributed by atoms with Crippen LogP contribution < -0.4 is 0 Å². The zero-order valence-electron chi connectivity index (χ0n) is 12.5. The lowest BCUT2D eigenvalue weighted by atomic mass is 10.1. The van der Waals surface area contributed by atoms with E-state index in [1.165, 1.54) is 17.5 Å². The van der Waals surface area contributed by atoms with E-state index in [2.05, 4.69) is 10.1 Å². The molecule has 8 nitrogen and oxygen atoms in total. The van der Waals surface area contributed by atoms with Crippen molar-refractivity contribution in [3.8, 4) is 22.3 Å². The van der Waals surface area contributed by atoms with Gasteiger partial charge in [-0.2, -0.15) is 9.78 Å². The molecule has 3 rings (SSSR count). The minimum atomic E-state index is -3.70. The van der Waals surface area contributed by atoms with E-state index in [-0.39, 0.29) is 28.0 Å². The minimum Gasteiger partial charge on any atom is -0.493 e. The standard InChI is InChI=1S/C14H10FN3O5S2/c1-25(22,23)11-3-2-7(4-8(11)15)9-5-12(19)18(17-9)14-16-10(6-24-14)13(20)21/h2-6,19H,1H3,(H,20,21).